The van der Waals surface area contributed by atoms with Crippen molar-refractivity contribution in [3.05, 3.63) is 28.8 Å². The number of phenolic OH excluding ortho intramolecular Hbond substituents is 1. The molecule has 1 aromatic carbocycles. The van der Waals surface area contributed by atoms with E-state index in [9.17, 15) is 9.90 Å². The zero-order valence-corrected chi connectivity index (χ0v) is 19.9. The maximum atomic E-state index is 12.4. The highest BCUT2D eigenvalue weighted by Gasteiger charge is 2.44. The molecule has 0 aliphatic carbocycles. The molecule has 32 heavy (non-hydrogen) atoms. The summed E-state index contributed by atoms with van der Waals surface area (Å²) >= 11 is 0. The number of unbranched alkanes of at least 4 members (excludes halogenated alkanes) is 1. The smallest absolute Gasteiger partial charge is 0.306 e. The lowest BCUT2D eigenvalue weighted by atomic mass is 9.88. The van der Waals surface area contributed by atoms with Gasteiger partial charge in [-0.2, -0.15) is 0 Å². The summed E-state index contributed by atoms with van der Waals surface area (Å²) < 4.78 is 28.3. The minimum absolute atomic E-state index is 0.215. The van der Waals surface area contributed by atoms with Gasteiger partial charge in [-0.3, -0.25) is 4.79 Å². The van der Waals surface area contributed by atoms with Crippen LogP contribution in [0, 0.1) is 17.8 Å². The fraction of sp³-hybridized carbons (Fsp3) is 0.720. The first kappa shape index (κ1) is 25.0. The van der Waals surface area contributed by atoms with E-state index in [1.54, 1.807) is 0 Å². The van der Waals surface area contributed by atoms with Crippen molar-refractivity contribution < 1.29 is 33.6 Å². The van der Waals surface area contributed by atoms with Crippen LogP contribution in [0.1, 0.15) is 56.7 Å². The maximum Gasteiger partial charge on any atom is 0.306 e. The van der Waals surface area contributed by atoms with Crippen molar-refractivity contribution in [2.75, 3.05) is 39.8 Å². The zero-order valence-electron chi connectivity index (χ0n) is 19.9. The minimum atomic E-state index is -0.476. The molecule has 0 aromatic heterocycles. The third kappa shape index (κ3) is 6.44. The lowest BCUT2D eigenvalue weighted by Gasteiger charge is -2.45. The van der Waals surface area contributed by atoms with E-state index in [1.165, 1.54) is 0 Å². The van der Waals surface area contributed by atoms with E-state index in [0.717, 1.165) is 36.0 Å². The Morgan fingerprint density at radius 3 is 2.50 bits per heavy atom. The molecule has 0 saturated carbocycles. The van der Waals surface area contributed by atoms with Crippen molar-refractivity contribution in [2.45, 2.75) is 66.1 Å². The normalized spacial score (nSPS) is 19.2. The molecule has 2 saturated heterocycles. The van der Waals surface area contributed by atoms with E-state index in [4.69, 9.17) is 23.7 Å². The van der Waals surface area contributed by atoms with Gasteiger partial charge in [-0.1, -0.05) is 39.3 Å². The molecule has 3 rings (SSSR count). The number of esters is 1. The lowest BCUT2D eigenvalue weighted by molar-refractivity contribution is -0.307. The van der Waals surface area contributed by atoms with Crippen molar-refractivity contribution in [2.24, 2.45) is 10.8 Å². The zero-order chi connectivity index (χ0) is 23.2. The summed E-state index contributed by atoms with van der Waals surface area (Å²) in [5, 5.41) is 10.3. The van der Waals surface area contributed by atoms with Crippen LogP contribution in [-0.4, -0.2) is 57.2 Å². The molecule has 0 atom stereocenters. The van der Waals surface area contributed by atoms with Gasteiger partial charge in [0, 0.05) is 11.8 Å². The Kier molecular flexibility index (Phi) is 8.55. The SMILES string of the molecule is CCCCc1cc(CCC(=O)OCC(C)(C)C2OCC3(COCOC3)CO2)cc(C)c1O. The Morgan fingerprint density at radius 1 is 1.16 bits per heavy atom. The monoisotopic (exact) mass is 450 g/mol. The summed E-state index contributed by atoms with van der Waals surface area (Å²) in [5.41, 5.74) is 2.12. The first-order chi connectivity index (χ1) is 15.2. The molecule has 180 valence electrons. The van der Waals surface area contributed by atoms with E-state index >= 15 is 0 Å². The van der Waals surface area contributed by atoms with E-state index in [0.29, 0.717) is 45.4 Å². The van der Waals surface area contributed by atoms with Gasteiger partial charge in [-0.25, -0.2) is 0 Å². The van der Waals surface area contributed by atoms with Crippen LogP contribution in [0.3, 0.4) is 0 Å². The van der Waals surface area contributed by atoms with Gasteiger partial charge in [0.2, 0.25) is 0 Å². The van der Waals surface area contributed by atoms with Crippen LogP contribution in [-0.2, 0) is 41.3 Å². The summed E-state index contributed by atoms with van der Waals surface area (Å²) in [6.07, 6.45) is 3.36. The van der Waals surface area contributed by atoms with Crippen LogP contribution >= 0.6 is 0 Å². The highest BCUT2D eigenvalue weighted by Crippen LogP contribution is 2.35. The second-order valence-corrected chi connectivity index (χ2v) is 9.94. The first-order valence-electron chi connectivity index (χ1n) is 11.6. The fourth-order valence-electron chi connectivity index (χ4n) is 4.12. The molecular formula is C25H38O7. The van der Waals surface area contributed by atoms with Crippen LogP contribution in [0.4, 0.5) is 0 Å². The van der Waals surface area contributed by atoms with Gasteiger partial charge in [-0.15, -0.1) is 0 Å². The van der Waals surface area contributed by atoms with Crippen LogP contribution in [0.25, 0.3) is 0 Å². The Hall–Kier alpha value is -1.67. The third-order valence-corrected chi connectivity index (χ3v) is 6.16. The van der Waals surface area contributed by atoms with E-state index < -0.39 is 11.7 Å². The molecular weight excluding hydrogens is 412 g/mol. The number of aromatic hydroxyl groups is 1. The van der Waals surface area contributed by atoms with E-state index in [-0.39, 0.29) is 24.4 Å². The number of carbonyl (C=O) groups excluding carboxylic acids is 1. The van der Waals surface area contributed by atoms with Gasteiger partial charge in [-0.05, 0) is 42.9 Å². The topological polar surface area (TPSA) is 83.5 Å². The van der Waals surface area contributed by atoms with Crippen LogP contribution in [0.5, 0.6) is 5.75 Å². The van der Waals surface area contributed by atoms with Gasteiger partial charge in [0.25, 0.3) is 0 Å². The average Bonchev–Trinajstić information content (AvgIpc) is 2.78. The highest BCUT2D eigenvalue weighted by atomic mass is 16.7. The van der Waals surface area contributed by atoms with Gasteiger partial charge >= 0.3 is 5.97 Å². The second-order valence-electron chi connectivity index (χ2n) is 9.94. The second kappa shape index (κ2) is 11.0. The molecule has 0 bridgehead atoms. The summed E-state index contributed by atoms with van der Waals surface area (Å²) in [6, 6.07) is 3.95. The molecule has 2 aliphatic rings. The molecule has 0 radical (unpaired) electrons. The van der Waals surface area contributed by atoms with Gasteiger partial charge < -0.3 is 28.8 Å². The predicted octanol–water partition coefficient (Wildman–Crippen LogP) is 3.91. The van der Waals surface area contributed by atoms with Crippen molar-refractivity contribution >= 4 is 5.97 Å². The highest BCUT2D eigenvalue weighted by molar-refractivity contribution is 5.69. The summed E-state index contributed by atoms with van der Waals surface area (Å²) in [7, 11) is 0. The molecule has 0 amide bonds. The number of aryl methyl sites for hydroxylation is 3. The quantitative estimate of drug-likeness (QED) is 0.571. The van der Waals surface area contributed by atoms with Crippen molar-refractivity contribution in [3.63, 3.8) is 0 Å². The van der Waals surface area contributed by atoms with Gasteiger partial charge in [0.05, 0.1) is 31.8 Å². The predicted molar refractivity (Wildman–Crippen MR) is 119 cm³/mol. The van der Waals surface area contributed by atoms with Gasteiger partial charge in [0.15, 0.2) is 6.29 Å². The Labute approximate surface area is 191 Å². The van der Waals surface area contributed by atoms with Gasteiger partial charge in [0.1, 0.15) is 19.1 Å². The van der Waals surface area contributed by atoms with Crippen molar-refractivity contribution in [1.29, 1.82) is 0 Å². The molecule has 2 aliphatic heterocycles. The lowest BCUT2D eigenvalue weighted by Crippen LogP contribution is -2.53. The van der Waals surface area contributed by atoms with Crippen LogP contribution in [0.15, 0.2) is 12.1 Å². The summed E-state index contributed by atoms with van der Waals surface area (Å²) in [4.78, 5) is 12.4. The molecule has 7 nitrogen and oxygen atoms in total. The van der Waals surface area contributed by atoms with E-state index in [2.05, 4.69) is 6.92 Å². The van der Waals surface area contributed by atoms with E-state index in [1.807, 2.05) is 32.9 Å². The average molecular weight is 451 g/mol. The molecule has 1 spiro atoms. The molecule has 1 N–H and O–H groups in total. The number of rotatable bonds is 9. The first-order valence-corrected chi connectivity index (χ1v) is 11.6. The van der Waals surface area contributed by atoms with Crippen LogP contribution in [0.2, 0.25) is 0 Å². The number of hydrogen-bond donors (Lipinski definition) is 1. The number of carbonyl (C=O) groups is 1. The Bertz CT molecular complexity index is 758. The van der Waals surface area contributed by atoms with Crippen LogP contribution < -0.4 is 0 Å². The molecule has 2 heterocycles. The molecule has 0 unspecified atom stereocenters. The number of ether oxygens (including phenoxy) is 5. The van der Waals surface area contributed by atoms with Crippen molar-refractivity contribution in [3.8, 4) is 5.75 Å². The fourth-order valence-corrected chi connectivity index (χ4v) is 4.12. The summed E-state index contributed by atoms with van der Waals surface area (Å²) in [6.45, 7) is 10.6. The summed E-state index contributed by atoms with van der Waals surface area (Å²) in [5.74, 6) is 0.118. The largest absolute Gasteiger partial charge is 0.507 e. The number of hydrogen-bond acceptors (Lipinski definition) is 7. The number of phenols is 1. The standard InChI is InChI=1S/C25H38O7/c1-5-6-7-20-11-19(10-18(2)22(20)27)8-9-21(26)30-12-24(3,4)23-31-15-25(16-32-23)13-28-17-29-14-25/h10-11,23,27H,5-9,12-17H2,1-4H3. The minimum Gasteiger partial charge on any atom is -0.507 e. The third-order valence-electron chi connectivity index (χ3n) is 6.16. The Morgan fingerprint density at radius 2 is 1.84 bits per heavy atom. The van der Waals surface area contributed by atoms with Crippen molar-refractivity contribution in [1.82, 2.24) is 0 Å². The maximum absolute atomic E-state index is 12.4. The molecule has 2 fully saturated rings. The Balaban J connectivity index is 1.45. The number of benzene rings is 1. The molecule has 7 heteroatoms. The molecule has 1 aromatic rings.